The Balaban J connectivity index is 1.95. The Morgan fingerprint density at radius 1 is 1.54 bits per heavy atom. The molecular weight excluding hydrogens is 160 g/mol. The second kappa shape index (κ2) is 5.61. The Morgan fingerprint density at radius 2 is 2.31 bits per heavy atom. The van der Waals surface area contributed by atoms with Gasteiger partial charge in [-0.3, -0.25) is 0 Å². The van der Waals surface area contributed by atoms with Crippen molar-refractivity contribution in [2.75, 3.05) is 13.1 Å². The van der Waals surface area contributed by atoms with E-state index in [0.717, 1.165) is 37.4 Å². The number of nitrogens with two attached hydrogens (primary N) is 1. The third-order valence-corrected chi connectivity index (χ3v) is 2.97. The van der Waals surface area contributed by atoms with Crippen molar-refractivity contribution in [3.05, 3.63) is 0 Å². The molecule has 0 saturated heterocycles. The third-order valence-electron chi connectivity index (χ3n) is 2.97. The summed E-state index contributed by atoms with van der Waals surface area (Å²) in [6, 6.07) is 0.833. The molecule has 1 aliphatic carbocycles. The van der Waals surface area contributed by atoms with Crippen molar-refractivity contribution in [2.24, 2.45) is 17.6 Å². The maximum absolute atomic E-state index is 5.50. The zero-order valence-corrected chi connectivity index (χ0v) is 9.05. The van der Waals surface area contributed by atoms with Gasteiger partial charge >= 0.3 is 0 Å². The molecule has 0 aromatic rings. The Morgan fingerprint density at radius 3 is 2.92 bits per heavy atom. The molecule has 0 aromatic heterocycles. The fourth-order valence-corrected chi connectivity index (χ4v) is 1.93. The Labute approximate surface area is 82.3 Å². The molecule has 0 bridgehead atoms. The van der Waals surface area contributed by atoms with E-state index < -0.39 is 0 Å². The van der Waals surface area contributed by atoms with Gasteiger partial charge in [0.15, 0.2) is 0 Å². The summed E-state index contributed by atoms with van der Waals surface area (Å²) in [5.74, 6) is 1.72. The fraction of sp³-hybridized carbons (Fsp3) is 1.00. The van der Waals surface area contributed by atoms with Crippen LogP contribution in [0.25, 0.3) is 0 Å². The highest BCUT2D eigenvalue weighted by Crippen LogP contribution is 2.34. The molecule has 3 N–H and O–H groups in total. The van der Waals surface area contributed by atoms with Gasteiger partial charge in [0, 0.05) is 6.04 Å². The molecule has 0 aromatic carbocycles. The number of hydrogen-bond donors (Lipinski definition) is 2. The van der Waals surface area contributed by atoms with Gasteiger partial charge in [-0.1, -0.05) is 20.3 Å². The lowest BCUT2D eigenvalue weighted by Gasteiger charge is -2.10. The average Bonchev–Trinajstić information content (AvgIpc) is 2.82. The zero-order valence-electron chi connectivity index (χ0n) is 9.05. The molecule has 0 radical (unpaired) electrons. The van der Waals surface area contributed by atoms with Crippen molar-refractivity contribution in [3.8, 4) is 0 Å². The minimum Gasteiger partial charge on any atom is -0.330 e. The molecule has 78 valence electrons. The molecule has 3 unspecified atom stereocenters. The summed E-state index contributed by atoms with van der Waals surface area (Å²) in [6.07, 6.45) is 5.30. The van der Waals surface area contributed by atoms with Crippen molar-refractivity contribution in [1.82, 2.24) is 5.32 Å². The number of rotatable bonds is 7. The van der Waals surface area contributed by atoms with Crippen LogP contribution in [-0.4, -0.2) is 19.1 Å². The highest BCUT2D eigenvalue weighted by atomic mass is 15.0. The second-order valence-electron chi connectivity index (χ2n) is 4.48. The SMILES string of the molecule is CCCC1CC1NCC(C)CCN. The van der Waals surface area contributed by atoms with Gasteiger partial charge in [0.2, 0.25) is 0 Å². The van der Waals surface area contributed by atoms with Crippen LogP contribution >= 0.6 is 0 Å². The molecule has 0 aliphatic heterocycles. The topological polar surface area (TPSA) is 38.0 Å². The van der Waals surface area contributed by atoms with Gasteiger partial charge in [-0.05, 0) is 44.2 Å². The van der Waals surface area contributed by atoms with Gasteiger partial charge in [-0.2, -0.15) is 0 Å². The van der Waals surface area contributed by atoms with Crippen molar-refractivity contribution < 1.29 is 0 Å². The highest BCUT2D eigenvalue weighted by molar-refractivity contribution is 4.92. The normalized spacial score (nSPS) is 28.8. The van der Waals surface area contributed by atoms with Crippen LogP contribution in [0.2, 0.25) is 0 Å². The molecular formula is C11H24N2. The Bertz CT molecular complexity index is 136. The first kappa shape index (κ1) is 11.0. The summed E-state index contributed by atoms with van der Waals surface area (Å²) in [7, 11) is 0. The van der Waals surface area contributed by atoms with E-state index in [2.05, 4.69) is 19.2 Å². The fourth-order valence-electron chi connectivity index (χ4n) is 1.93. The molecule has 1 fully saturated rings. The quantitative estimate of drug-likeness (QED) is 0.632. The molecule has 2 heteroatoms. The summed E-state index contributed by atoms with van der Waals surface area (Å²) >= 11 is 0. The molecule has 2 nitrogen and oxygen atoms in total. The number of nitrogens with one attached hydrogen (secondary N) is 1. The van der Waals surface area contributed by atoms with Gasteiger partial charge in [-0.25, -0.2) is 0 Å². The second-order valence-corrected chi connectivity index (χ2v) is 4.48. The number of hydrogen-bond acceptors (Lipinski definition) is 2. The van der Waals surface area contributed by atoms with Crippen LogP contribution in [0.1, 0.15) is 39.5 Å². The molecule has 0 amide bonds. The van der Waals surface area contributed by atoms with Crippen LogP contribution in [0.5, 0.6) is 0 Å². The van der Waals surface area contributed by atoms with Gasteiger partial charge in [0.05, 0.1) is 0 Å². The van der Waals surface area contributed by atoms with E-state index in [1.165, 1.54) is 19.3 Å². The lowest BCUT2D eigenvalue weighted by molar-refractivity contribution is 0.472. The molecule has 1 rings (SSSR count). The van der Waals surface area contributed by atoms with E-state index in [1.807, 2.05) is 0 Å². The summed E-state index contributed by atoms with van der Waals surface area (Å²) in [5.41, 5.74) is 5.50. The van der Waals surface area contributed by atoms with E-state index in [0.29, 0.717) is 0 Å². The van der Waals surface area contributed by atoms with E-state index in [4.69, 9.17) is 5.73 Å². The summed E-state index contributed by atoms with van der Waals surface area (Å²) in [6.45, 7) is 6.53. The van der Waals surface area contributed by atoms with Crippen LogP contribution in [0.15, 0.2) is 0 Å². The Hall–Kier alpha value is -0.0800. The molecule has 3 atom stereocenters. The van der Waals surface area contributed by atoms with Gasteiger partial charge in [0.25, 0.3) is 0 Å². The smallest absolute Gasteiger partial charge is 0.00992 e. The first-order valence-electron chi connectivity index (χ1n) is 5.71. The van der Waals surface area contributed by atoms with Crippen molar-refractivity contribution >= 4 is 0 Å². The lowest BCUT2D eigenvalue weighted by Crippen LogP contribution is -2.25. The standard InChI is InChI=1S/C11H24N2/c1-3-4-10-7-11(10)13-8-9(2)5-6-12/h9-11,13H,3-8,12H2,1-2H3. The van der Waals surface area contributed by atoms with Gasteiger partial charge < -0.3 is 11.1 Å². The van der Waals surface area contributed by atoms with Crippen molar-refractivity contribution in [1.29, 1.82) is 0 Å². The van der Waals surface area contributed by atoms with E-state index in [9.17, 15) is 0 Å². The Kier molecular flexibility index (Phi) is 4.74. The highest BCUT2D eigenvalue weighted by Gasteiger charge is 2.35. The predicted octanol–water partition coefficient (Wildman–Crippen LogP) is 1.75. The molecule has 1 saturated carbocycles. The summed E-state index contributed by atoms with van der Waals surface area (Å²) < 4.78 is 0. The molecule has 1 aliphatic rings. The summed E-state index contributed by atoms with van der Waals surface area (Å²) in [5, 5.41) is 3.62. The minimum atomic E-state index is 0.743. The van der Waals surface area contributed by atoms with Crippen LogP contribution in [0, 0.1) is 11.8 Å². The average molecular weight is 184 g/mol. The van der Waals surface area contributed by atoms with E-state index >= 15 is 0 Å². The summed E-state index contributed by atoms with van der Waals surface area (Å²) in [4.78, 5) is 0. The minimum absolute atomic E-state index is 0.743. The lowest BCUT2D eigenvalue weighted by atomic mass is 10.1. The van der Waals surface area contributed by atoms with E-state index in [1.54, 1.807) is 0 Å². The van der Waals surface area contributed by atoms with Crippen LogP contribution in [0.3, 0.4) is 0 Å². The monoisotopic (exact) mass is 184 g/mol. The molecule has 13 heavy (non-hydrogen) atoms. The van der Waals surface area contributed by atoms with Crippen molar-refractivity contribution in [2.45, 2.75) is 45.6 Å². The predicted molar refractivity (Wildman–Crippen MR) is 57.6 cm³/mol. The first-order valence-corrected chi connectivity index (χ1v) is 5.71. The maximum atomic E-state index is 5.50. The van der Waals surface area contributed by atoms with Crippen LogP contribution < -0.4 is 11.1 Å². The molecule has 0 heterocycles. The maximum Gasteiger partial charge on any atom is 0.00992 e. The van der Waals surface area contributed by atoms with Crippen molar-refractivity contribution in [3.63, 3.8) is 0 Å². The first-order chi connectivity index (χ1) is 6.27. The van der Waals surface area contributed by atoms with Gasteiger partial charge in [-0.15, -0.1) is 0 Å². The van der Waals surface area contributed by atoms with Crippen LogP contribution in [-0.2, 0) is 0 Å². The third kappa shape index (κ3) is 4.10. The van der Waals surface area contributed by atoms with E-state index in [-0.39, 0.29) is 0 Å². The largest absolute Gasteiger partial charge is 0.330 e. The zero-order chi connectivity index (χ0) is 9.68. The molecule has 0 spiro atoms. The van der Waals surface area contributed by atoms with Gasteiger partial charge in [0.1, 0.15) is 0 Å². The van der Waals surface area contributed by atoms with Crippen LogP contribution in [0.4, 0.5) is 0 Å².